The van der Waals surface area contributed by atoms with Crippen molar-refractivity contribution < 1.29 is 9.53 Å². The molecule has 1 fully saturated rings. The zero-order valence-corrected chi connectivity index (χ0v) is 10.4. The highest BCUT2D eigenvalue weighted by Crippen LogP contribution is 2.19. The van der Waals surface area contributed by atoms with E-state index < -0.39 is 6.04 Å². The van der Waals surface area contributed by atoms with Gasteiger partial charge in [-0.2, -0.15) is 0 Å². The number of nitrogens with zero attached hydrogens (tertiary/aromatic N) is 1. The van der Waals surface area contributed by atoms with Crippen LogP contribution in [-0.2, 0) is 9.53 Å². The summed E-state index contributed by atoms with van der Waals surface area (Å²) in [4.78, 5) is 13.6. The Kier molecular flexibility index (Phi) is 5.77. The Bertz CT molecular complexity index is 213. The first kappa shape index (κ1) is 13.5. The zero-order chi connectivity index (χ0) is 12.0. The second-order valence-corrected chi connectivity index (χ2v) is 4.51. The van der Waals surface area contributed by atoms with Crippen LogP contribution < -0.4 is 5.73 Å². The number of likely N-dealkylation sites (tertiary alicyclic amines) is 1. The lowest BCUT2D eigenvalue weighted by molar-refractivity contribution is -0.145. The zero-order valence-electron chi connectivity index (χ0n) is 10.4. The van der Waals surface area contributed by atoms with Crippen molar-refractivity contribution in [3.63, 3.8) is 0 Å². The molecule has 2 N–H and O–H groups in total. The molecule has 1 unspecified atom stereocenters. The number of esters is 1. The number of carbonyl (C=O) groups excluding carboxylic acids is 1. The fraction of sp³-hybridized carbons (Fsp3) is 0.917. The molecule has 1 saturated heterocycles. The van der Waals surface area contributed by atoms with Crippen molar-refractivity contribution in [2.45, 2.75) is 39.2 Å². The number of nitrogens with two attached hydrogens (primary N) is 1. The van der Waals surface area contributed by atoms with Gasteiger partial charge < -0.3 is 15.4 Å². The van der Waals surface area contributed by atoms with Crippen LogP contribution in [0.25, 0.3) is 0 Å². The van der Waals surface area contributed by atoms with E-state index in [2.05, 4.69) is 11.8 Å². The van der Waals surface area contributed by atoms with E-state index in [9.17, 15) is 4.79 Å². The number of hydrogen-bond acceptors (Lipinski definition) is 4. The van der Waals surface area contributed by atoms with E-state index in [1.807, 2.05) is 0 Å². The second kappa shape index (κ2) is 6.86. The molecule has 94 valence electrons. The molecule has 4 nitrogen and oxygen atoms in total. The van der Waals surface area contributed by atoms with Crippen LogP contribution in [0.3, 0.4) is 0 Å². The Hall–Kier alpha value is -0.610. The molecule has 0 aromatic carbocycles. The van der Waals surface area contributed by atoms with Crippen LogP contribution in [0.1, 0.15) is 33.1 Å². The number of carbonyl (C=O) groups is 1. The van der Waals surface area contributed by atoms with Gasteiger partial charge in [-0.1, -0.05) is 13.3 Å². The maximum Gasteiger partial charge on any atom is 0.324 e. The van der Waals surface area contributed by atoms with Gasteiger partial charge in [-0.25, -0.2) is 0 Å². The highest BCUT2D eigenvalue weighted by Gasteiger charge is 2.22. The van der Waals surface area contributed by atoms with Gasteiger partial charge in [0.05, 0.1) is 6.61 Å². The number of piperidine rings is 1. The van der Waals surface area contributed by atoms with Crippen LogP contribution in [0.15, 0.2) is 0 Å². The molecule has 16 heavy (non-hydrogen) atoms. The molecular formula is C12H24N2O2. The lowest BCUT2D eigenvalue weighted by atomic mass is 9.94. The first-order valence-electron chi connectivity index (χ1n) is 6.31. The SMILES string of the molecule is CCOC(=O)C(N)CN1CCC(CC)CC1. The number of hydrogen-bond donors (Lipinski definition) is 1. The van der Waals surface area contributed by atoms with Crippen LogP contribution in [0, 0.1) is 5.92 Å². The van der Waals surface area contributed by atoms with Crippen molar-refractivity contribution in [3.8, 4) is 0 Å². The van der Waals surface area contributed by atoms with Crippen LogP contribution >= 0.6 is 0 Å². The standard InChI is InChI=1S/C12H24N2O2/c1-3-10-5-7-14(8-6-10)9-11(13)12(15)16-4-2/h10-11H,3-9,13H2,1-2H3. The summed E-state index contributed by atoms with van der Waals surface area (Å²) in [7, 11) is 0. The van der Waals surface area contributed by atoms with E-state index in [0.717, 1.165) is 19.0 Å². The Morgan fingerprint density at radius 1 is 1.44 bits per heavy atom. The highest BCUT2D eigenvalue weighted by molar-refractivity contribution is 5.75. The van der Waals surface area contributed by atoms with Gasteiger partial charge in [-0.05, 0) is 38.8 Å². The monoisotopic (exact) mass is 228 g/mol. The topological polar surface area (TPSA) is 55.6 Å². The molecule has 1 atom stereocenters. The van der Waals surface area contributed by atoms with E-state index in [-0.39, 0.29) is 5.97 Å². The van der Waals surface area contributed by atoms with Crippen LogP contribution in [-0.4, -0.2) is 43.2 Å². The average Bonchev–Trinajstić information content (AvgIpc) is 2.30. The van der Waals surface area contributed by atoms with Gasteiger partial charge in [0, 0.05) is 6.54 Å². The summed E-state index contributed by atoms with van der Waals surface area (Å²) < 4.78 is 4.90. The smallest absolute Gasteiger partial charge is 0.324 e. The van der Waals surface area contributed by atoms with Crippen molar-refractivity contribution in [2.24, 2.45) is 11.7 Å². The maximum absolute atomic E-state index is 11.4. The Morgan fingerprint density at radius 2 is 2.06 bits per heavy atom. The predicted molar refractivity (Wildman–Crippen MR) is 64.1 cm³/mol. The Labute approximate surface area is 98.1 Å². The quantitative estimate of drug-likeness (QED) is 0.713. The summed E-state index contributed by atoms with van der Waals surface area (Å²) >= 11 is 0. The molecule has 1 heterocycles. The molecule has 0 radical (unpaired) electrons. The molecular weight excluding hydrogens is 204 g/mol. The average molecular weight is 228 g/mol. The third kappa shape index (κ3) is 4.10. The van der Waals surface area contributed by atoms with Gasteiger partial charge >= 0.3 is 5.97 Å². The molecule has 0 aromatic rings. The van der Waals surface area contributed by atoms with Gasteiger partial charge in [-0.3, -0.25) is 4.79 Å². The minimum Gasteiger partial charge on any atom is -0.465 e. The van der Waals surface area contributed by atoms with E-state index in [0.29, 0.717) is 13.2 Å². The fourth-order valence-electron chi connectivity index (χ4n) is 2.18. The van der Waals surface area contributed by atoms with Crippen LogP contribution in [0.2, 0.25) is 0 Å². The van der Waals surface area contributed by atoms with Crippen LogP contribution in [0.4, 0.5) is 0 Å². The lowest BCUT2D eigenvalue weighted by Crippen LogP contribution is -2.46. The first-order chi connectivity index (χ1) is 7.67. The number of rotatable bonds is 5. The molecule has 0 bridgehead atoms. The van der Waals surface area contributed by atoms with Crippen molar-refractivity contribution in [3.05, 3.63) is 0 Å². The molecule has 1 aliphatic rings. The molecule has 0 amide bonds. The van der Waals surface area contributed by atoms with Gasteiger partial charge in [-0.15, -0.1) is 0 Å². The van der Waals surface area contributed by atoms with E-state index in [4.69, 9.17) is 10.5 Å². The van der Waals surface area contributed by atoms with Gasteiger partial charge in [0.1, 0.15) is 6.04 Å². The molecule has 1 rings (SSSR count). The first-order valence-corrected chi connectivity index (χ1v) is 6.31. The van der Waals surface area contributed by atoms with Crippen molar-refractivity contribution in [1.82, 2.24) is 4.90 Å². The Balaban J connectivity index is 2.25. The summed E-state index contributed by atoms with van der Waals surface area (Å²) in [5.41, 5.74) is 5.79. The Morgan fingerprint density at radius 3 is 2.56 bits per heavy atom. The summed E-state index contributed by atoms with van der Waals surface area (Å²) in [6.45, 7) is 7.21. The lowest BCUT2D eigenvalue weighted by Gasteiger charge is -2.32. The normalized spacial score (nSPS) is 20.7. The largest absolute Gasteiger partial charge is 0.465 e. The van der Waals surface area contributed by atoms with Gasteiger partial charge in [0.15, 0.2) is 0 Å². The molecule has 4 heteroatoms. The van der Waals surface area contributed by atoms with E-state index >= 15 is 0 Å². The maximum atomic E-state index is 11.4. The number of ether oxygens (including phenoxy) is 1. The van der Waals surface area contributed by atoms with Crippen molar-refractivity contribution in [2.75, 3.05) is 26.2 Å². The minimum absolute atomic E-state index is 0.278. The third-order valence-corrected chi connectivity index (χ3v) is 3.33. The van der Waals surface area contributed by atoms with Crippen molar-refractivity contribution in [1.29, 1.82) is 0 Å². The van der Waals surface area contributed by atoms with E-state index in [1.54, 1.807) is 6.92 Å². The van der Waals surface area contributed by atoms with E-state index in [1.165, 1.54) is 19.3 Å². The molecule has 0 spiro atoms. The third-order valence-electron chi connectivity index (χ3n) is 3.33. The predicted octanol–water partition coefficient (Wildman–Crippen LogP) is 0.999. The molecule has 0 saturated carbocycles. The fourth-order valence-corrected chi connectivity index (χ4v) is 2.18. The van der Waals surface area contributed by atoms with Crippen LogP contribution in [0.5, 0.6) is 0 Å². The molecule has 1 aliphatic heterocycles. The minimum atomic E-state index is -0.488. The van der Waals surface area contributed by atoms with Crippen molar-refractivity contribution >= 4 is 5.97 Å². The van der Waals surface area contributed by atoms with Gasteiger partial charge in [0.2, 0.25) is 0 Å². The summed E-state index contributed by atoms with van der Waals surface area (Å²) in [5.74, 6) is 0.579. The summed E-state index contributed by atoms with van der Waals surface area (Å²) in [6.07, 6.45) is 3.72. The molecule has 0 aromatic heterocycles. The highest BCUT2D eigenvalue weighted by atomic mass is 16.5. The second-order valence-electron chi connectivity index (χ2n) is 4.51. The summed E-state index contributed by atoms with van der Waals surface area (Å²) in [5, 5.41) is 0. The summed E-state index contributed by atoms with van der Waals surface area (Å²) in [6, 6.07) is -0.488. The van der Waals surface area contributed by atoms with Gasteiger partial charge in [0.25, 0.3) is 0 Å². The molecule has 0 aliphatic carbocycles.